The van der Waals surface area contributed by atoms with Crippen molar-refractivity contribution < 1.29 is 0 Å². The summed E-state index contributed by atoms with van der Waals surface area (Å²) in [6, 6.07) is 0. The molecule has 14 heavy (non-hydrogen) atoms. The Hall–Kier alpha value is -1.32. The Morgan fingerprint density at radius 2 is 2.14 bits per heavy atom. The van der Waals surface area contributed by atoms with Gasteiger partial charge in [0, 0.05) is 25.4 Å². The van der Waals surface area contributed by atoms with E-state index in [1.807, 2.05) is 20.2 Å². The van der Waals surface area contributed by atoms with Crippen LogP contribution in [0.2, 0.25) is 0 Å². The van der Waals surface area contributed by atoms with E-state index in [1.165, 1.54) is 0 Å². The summed E-state index contributed by atoms with van der Waals surface area (Å²) < 4.78 is 0. The summed E-state index contributed by atoms with van der Waals surface area (Å²) >= 11 is 0. The Labute approximate surface area is 85.2 Å². The van der Waals surface area contributed by atoms with Crippen LogP contribution in [0.15, 0.2) is 6.20 Å². The standard InChI is InChI=1S/C10H18N4/c1-7(2)5-12-9-8(3)6-13-10(11-4)14-9/h6-7H,5H2,1-4H3,(H2,11,12,13,14). The zero-order chi connectivity index (χ0) is 10.6. The molecular formula is C10H18N4. The number of nitrogens with zero attached hydrogens (tertiary/aromatic N) is 2. The highest BCUT2D eigenvalue weighted by Gasteiger charge is 2.02. The number of aromatic nitrogens is 2. The maximum Gasteiger partial charge on any atom is 0.224 e. The molecule has 1 heterocycles. The Morgan fingerprint density at radius 3 is 2.71 bits per heavy atom. The molecule has 0 aliphatic rings. The molecule has 0 unspecified atom stereocenters. The van der Waals surface area contributed by atoms with Gasteiger partial charge in [-0.1, -0.05) is 13.8 Å². The fourth-order valence-corrected chi connectivity index (χ4v) is 1.04. The topological polar surface area (TPSA) is 49.8 Å². The van der Waals surface area contributed by atoms with Crippen LogP contribution in [-0.2, 0) is 0 Å². The molecule has 0 amide bonds. The van der Waals surface area contributed by atoms with E-state index in [1.54, 1.807) is 0 Å². The third-order valence-electron chi connectivity index (χ3n) is 1.87. The van der Waals surface area contributed by atoms with Crippen LogP contribution in [0.25, 0.3) is 0 Å². The Kier molecular flexibility index (Phi) is 3.68. The summed E-state index contributed by atoms with van der Waals surface area (Å²) in [5.74, 6) is 2.18. The summed E-state index contributed by atoms with van der Waals surface area (Å²) in [7, 11) is 1.82. The fraction of sp³-hybridized carbons (Fsp3) is 0.600. The predicted molar refractivity (Wildman–Crippen MR) is 59.6 cm³/mol. The maximum absolute atomic E-state index is 4.33. The van der Waals surface area contributed by atoms with Crippen LogP contribution in [0.3, 0.4) is 0 Å². The van der Waals surface area contributed by atoms with Gasteiger partial charge < -0.3 is 10.6 Å². The number of aryl methyl sites for hydroxylation is 1. The lowest BCUT2D eigenvalue weighted by atomic mass is 10.2. The third kappa shape index (κ3) is 2.87. The van der Waals surface area contributed by atoms with Crippen LogP contribution < -0.4 is 10.6 Å². The predicted octanol–water partition coefficient (Wildman–Crippen LogP) is 1.89. The van der Waals surface area contributed by atoms with Gasteiger partial charge in [-0.2, -0.15) is 4.98 Å². The first-order valence-corrected chi connectivity index (χ1v) is 4.88. The van der Waals surface area contributed by atoms with E-state index in [2.05, 4.69) is 34.4 Å². The molecule has 0 radical (unpaired) electrons. The minimum atomic E-state index is 0.613. The number of hydrogen-bond donors (Lipinski definition) is 2. The van der Waals surface area contributed by atoms with Crippen LogP contribution in [0.5, 0.6) is 0 Å². The first-order valence-electron chi connectivity index (χ1n) is 4.88. The van der Waals surface area contributed by atoms with Crippen molar-refractivity contribution >= 4 is 11.8 Å². The van der Waals surface area contributed by atoms with Crippen molar-refractivity contribution in [2.24, 2.45) is 5.92 Å². The van der Waals surface area contributed by atoms with Crippen LogP contribution in [-0.4, -0.2) is 23.6 Å². The molecule has 0 spiro atoms. The summed E-state index contributed by atoms with van der Waals surface area (Å²) in [6.45, 7) is 7.27. The normalized spacial score (nSPS) is 10.4. The summed E-state index contributed by atoms with van der Waals surface area (Å²) in [5.41, 5.74) is 1.07. The quantitative estimate of drug-likeness (QED) is 0.768. The molecule has 0 bridgehead atoms. The van der Waals surface area contributed by atoms with Crippen LogP contribution in [0.4, 0.5) is 11.8 Å². The van der Waals surface area contributed by atoms with Crippen molar-refractivity contribution in [1.29, 1.82) is 0 Å². The minimum Gasteiger partial charge on any atom is -0.369 e. The van der Waals surface area contributed by atoms with Gasteiger partial charge in [-0.25, -0.2) is 4.98 Å². The molecule has 2 N–H and O–H groups in total. The van der Waals surface area contributed by atoms with Gasteiger partial charge in [-0.15, -0.1) is 0 Å². The lowest BCUT2D eigenvalue weighted by Gasteiger charge is -2.11. The van der Waals surface area contributed by atoms with Crippen molar-refractivity contribution in [1.82, 2.24) is 9.97 Å². The van der Waals surface area contributed by atoms with E-state index in [-0.39, 0.29) is 0 Å². The zero-order valence-electron chi connectivity index (χ0n) is 9.26. The fourth-order valence-electron chi connectivity index (χ4n) is 1.04. The lowest BCUT2D eigenvalue weighted by molar-refractivity contribution is 0.686. The van der Waals surface area contributed by atoms with Gasteiger partial charge in [0.15, 0.2) is 0 Å². The second kappa shape index (κ2) is 4.79. The average Bonchev–Trinajstić information content (AvgIpc) is 2.16. The van der Waals surface area contributed by atoms with E-state index >= 15 is 0 Å². The number of hydrogen-bond acceptors (Lipinski definition) is 4. The molecule has 0 atom stereocenters. The van der Waals surface area contributed by atoms with Crippen molar-refractivity contribution in [2.45, 2.75) is 20.8 Å². The van der Waals surface area contributed by atoms with Crippen molar-refractivity contribution in [3.8, 4) is 0 Å². The van der Waals surface area contributed by atoms with Gasteiger partial charge in [-0.05, 0) is 12.8 Å². The molecule has 1 aromatic heterocycles. The Bertz CT molecular complexity index is 296. The second-order valence-corrected chi connectivity index (χ2v) is 3.75. The molecule has 1 rings (SSSR count). The molecule has 4 nitrogen and oxygen atoms in total. The van der Waals surface area contributed by atoms with E-state index in [0.717, 1.165) is 17.9 Å². The number of nitrogens with one attached hydrogen (secondary N) is 2. The molecule has 0 aromatic carbocycles. The average molecular weight is 194 g/mol. The van der Waals surface area contributed by atoms with Gasteiger partial charge in [0.25, 0.3) is 0 Å². The highest BCUT2D eigenvalue weighted by molar-refractivity contribution is 5.46. The van der Waals surface area contributed by atoms with Crippen molar-refractivity contribution in [3.63, 3.8) is 0 Å². The monoisotopic (exact) mass is 194 g/mol. The molecular weight excluding hydrogens is 176 g/mol. The molecule has 1 aromatic rings. The van der Waals surface area contributed by atoms with Crippen LogP contribution in [0.1, 0.15) is 19.4 Å². The highest BCUT2D eigenvalue weighted by Crippen LogP contribution is 2.12. The van der Waals surface area contributed by atoms with Crippen LogP contribution >= 0.6 is 0 Å². The zero-order valence-corrected chi connectivity index (χ0v) is 9.26. The lowest BCUT2D eigenvalue weighted by Crippen LogP contribution is -2.11. The molecule has 78 valence electrons. The maximum atomic E-state index is 4.33. The third-order valence-corrected chi connectivity index (χ3v) is 1.87. The Morgan fingerprint density at radius 1 is 1.43 bits per heavy atom. The van der Waals surface area contributed by atoms with E-state index < -0.39 is 0 Å². The van der Waals surface area contributed by atoms with E-state index in [4.69, 9.17) is 0 Å². The molecule has 0 saturated heterocycles. The van der Waals surface area contributed by atoms with Crippen molar-refractivity contribution in [2.75, 3.05) is 24.2 Å². The SMILES string of the molecule is CNc1ncc(C)c(NCC(C)C)n1. The smallest absolute Gasteiger partial charge is 0.224 e. The minimum absolute atomic E-state index is 0.613. The van der Waals surface area contributed by atoms with Crippen LogP contribution in [0, 0.1) is 12.8 Å². The van der Waals surface area contributed by atoms with Gasteiger partial charge in [-0.3, -0.25) is 0 Å². The summed E-state index contributed by atoms with van der Waals surface area (Å²) in [5, 5.41) is 6.22. The summed E-state index contributed by atoms with van der Waals surface area (Å²) in [4.78, 5) is 8.45. The molecule has 4 heteroatoms. The van der Waals surface area contributed by atoms with E-state index in [9.17, 15) is 0 Å². The summed E-state index contributed by atoms with van der Waals surface area (Å²) in [6.07, 6.45) is 1.82. The van der Waals surface area contributed by atoms with Gasteiger partial charge >= 0.3 is 0 Å². The molecule has 0 saturated carbocycles. The largest absolute Gasteiger partial charge is 0.369 e. The number of rotatable bonds is 4. The second-order valence-electron chi connectivity index (χ2n) is 3.75. The Balaban J connectivity index is 2.73. The van der Waals surface area contributed by atoms with Gasteiger partial charge in [0.2, 0.25) is 5.95 Å². The molecule has 0 fully saturated rings. The number of anilines is 2. The van der Waals surface area contributed by atoms with Crippen molar-refractivity contribution in [3.05, 3.63) is 11.8 Å². The highest BCUT2D eigenvalue weighted by atomic mass is 15.1. The van der Waals surface area contributed by atoms with Gasteiger partial charge in [0.05, 0.1) is 0 Å². The van der Waals surface area contributed by atoms with E-state index in [0.29, 0.717) is 11.9 Å². The van der Waals surface area contributed by atoms with Gasteiger partial charge in [0.1, 0.15) is 5.82 Å². The first-order chi connectivity index (χ1) is 6.63. The first kappa shape index (κ1) is 10.8. The molecule has 0 aliphatic carbocycles. The molecule has 0 aliphatic heterocycles.